The number of nitrogens with zero attached hydrogens (tertiary/aromatic N) is 1. The Morgan fingerprint density at radius 3 is 2.56 bits per heavy atom. The molecular formula is C12H15NO3. The Hall–Kier alpha value is -1.89. The minimum atomic E-state index is -0.0362. The zero-order valence-electron chi connectivity index (χ0n) is 9.65. The zero-order valence-corrected chi connectivity index (χ0v) is 9.65. The van der Waals surface area contributed by atoms with Gasteiger partial charge in [-0.15, -0.1) is 0 Å². The van der Waals surface area contributed by atoms with Crippen LogP contribution in [-0.2, 0) is 0 Å². The molecule has 0 aliphatic heterocycles. The van der Waals surface area contributed by atoms with Crippen molar-refractivity contribution in [1.29, 1.82) is 5.26 Å². The summed E-state index contributed by atoms with van der Waals surface area (Å²) in [5.74, 6) is 1.17. The summed E-state index contributed by atoms with van der Waals surface area (Å²) in [4.78, 5) is 0. The largest absolute Gasteiger partial charge is 0.504 e. The van der Waals surface area contributed by atoms with Crippen LogP contribution < -0.4 is 9.47 Å². The first-order valence-corrected chi connectivity index (χ1v) is 5.00. The fourth-order valence-electron chi connectivity index (χ4n) is 1.41. The Labute approximate surface area is 95.0 Å². The van der Waals surface area contributed by atoms with Crippen LogP contribution in [0.3, 0.4) is 0 Å². The molecule has 0 saturated carbocycles. The lowest BCUT2D eigenvalue weighted by Gasteiger charge is -2.14. The molecule has 86 valence electrons. The van der Waals surface area contributed by atoms with Crippen LogP contribution in [0.1, 0.15) is 25.3 Å². The first-order valence-electron chi connectivity index (χ1n) is 5.00. The first kappa shape index (κ1) is 12.2. The lowest BCUT2D eigenvalue weighted by molar-refractivity contribution is 0.346. The van der Waals surface area contributed by atoms with Crippen molar-refractivity contribution in [3.8, 4) is 23.3 Å². The highest BCUT2D eigenvalue weighted by Crippen LogP contribution is 2.37. The maximum absolute atomic E-state index is 9.61. The molecule has 0 heterocycles. The van der Waals surface area contributed by atoms with Crippen molar-refractivity contribution in [2.24, 2.45) is 0 Å². The maximum atomic E-state index is 9.61. The second-order valence-corrected chi connectivity index (χ2v) is 3.66. The molecule has 0 atom stereocenters. The van der Waals surface area contributed by atoms with Gasteiger partial charge in [-0.2, -0.15) is 5.26 Å². The average molecular weight is 221 g/mol. The predicted molar refractivity (Wildman–Crippen MR) is 59.9 cm³/mol. The summed E-state index contributed by atoms with van der Waals surface area (Å²) in [5, 5.41) is 18.1. The number of hydrogen-bond acceptors (Lipinski definition) is 4. The molecule has 16 heavy (non-hydrogen) atoms. The van der Waals surface area contributed by atoms with Crippen molar-refractivity contribution in [2.45, 2.75) is 19.8 Å². The quantitative estimate of drug-likeness (QED) is 0.848. The summed E-state index contributed by atoms with van der Waals surface area (Å²) in [6.07, 6.45) is 0. The van der Waals surface area contributed by atoms with E-state index in [4.69, 9.17) is 14.7 Å². The average Bonchev–Trinajstić information content (AvgIpc) is 2.25. The van der Waals surface area contributed by atoms with E-state index in [1.165, 1.54) is 13.2 Å². The number of phenolic OH excluding ortho intramolecular Hbond substituents is 1. The third-order valence-electron chi connectivity index (χ3n) is 2.23. The van der Waals surface area contributed by atoms with E-state index in [2.05, 4.69) is 0 Å². The number of hydrogen-bond donors (Lipinski definition) is 1. The number of rotatable bonds is 4. The van der Waals surface area contributed by atoms with E-state index in [9.17, 15) is 5.11 Å². The van der Waals surface area contributed by atoms with Gasteiger partial charge in [-0.05, 0) is 12.0 Å². The van der Waals surface area contributed by atoms with E-state index in [1.54, 1.807) is 6.07 Å². The lowest BCUT2D eigenvalue weighted by atomic mass is 10.0. The number of methoxy groups -OCH3 is 1. The zero-order chi connectivity index (χ0) is 12.1. The molecule has 4 nitrogen and oxygen atoms in total. The normalized spacial score (nSPS) is 9.94. The van der Waals surface area contributed by atoms with Gasteiger partial charge in [0.25, 0.3) is 0 Å². The van der Waals surface area contributed by atoms with Gasteiger partial charge in [-0.1, -0.05) is 13.8 Å². The van der Waals surface area contributed by atoms with Crippen molar-refractivity contribution in [1.82, 2.24) is 0 Å². The molecule has 0 fully saturated rings. The Morgan fingerprint density at radius 1 is 1.38 bits per heavy atom. The van der Waals surface area contributed by atoms with E-state index >= 15 is 0 Å². The summed E-state index contributed by atoms with van der Waals surface area (Å²) in [6, 6.07) is 5.10. The Balaban J connectivity index is 3.15. The Kier molecular flexibility index (Phi) is 4.01. The second kappa shape index (κ2) is 5.26. The van der Waals surface area contributed by atoms with Crippen molar-refractivity contribution in [3.05, 3.63) is 17.7 Å². The summed E-state index contributed by atoms with van der Waals surface area (Å²) in [7, 11) is 1.50. The molecule has 0 aliphatic rings. The number of benzene rings is 1. The number of ether oxygens (including phenoxy) is 2. The number of phenols is 1. The van der Waals surface area contributed by atoms with Gasteiger partial charge in [0.2, 0.25) is 0 Å². The van der Waals surface area contributed by atoms with Gasteiger partial charge in [-0.3, -0.25) is 0 Å². The van der Waals surface area contributed by atoms with Crippen LogP contribution >= 0.6 is 0 Å². The van der Waals surface area contributed by atoms with Gasteiger partial charge in [0, 0.05) is 11.6 Å². The molecule has 1 N–H and O–H groups in total. The van der Waals surface area contributed by atoms with Gasteiger partial charge >= 0.3 is 0 Å². The van der Waals surface area contributed by atoms with Crippen LogP contribution in [0, 0.1) is 11.3 Å². The van der Waals surface area contributed by atoms with Crippen LogP contribution in [0.2, 0.25) is 0 Å². The van der Waals surface area contributed by atoms with Crippen molar-refractivity contribution < 1.29 is 14.6 Å². The third kappa shape index (κ3) is 2.57. The Morgan fingerprint density at radius 2 is 2.06 bits per heavy atom. The van der Waals surface area contributed by atoms with Crippen LogP contribution in [0.4, 0.5) is 0 Å². The smallest absolute Gasteiger partial charge is 0.174 e. The summed E-state index contributed by atoms with van der Waals surface area (Å²) in [6.45, 7) is 3.97. The number of aromatic hydroxyl groups is 1. The lowest BCUT2D eigenvalue weighted by Crippen LogP contribution is -2.00. The molecule has 0 amide bonds. The highest BCUT2D eigenvalue weighted by Gasteiger charge is 2.13. The van der Waals surface area contributed by atoms with Crippen molar-refractivity contribution >= 4 is 0 Å². The van der Waals surface area contributed by atoms with Crippen LogP contribution in [0.5, 0.6) is 17.2 Å². The molecule has 0 aliphatic carbocycles. The molecule has 0 aromatic heterocycles. The highest BCUT2D eigenvalue weighted by atomic mass is 16.5. The standard InChI is InChI=1S/C12H15NO3/c1-8(2)9-6-12(15-3)10(14)7-11(9)16-5-4-13/h6-8,14H,5H2,1-3H3. The summed E-state index contributed by atoms with van der Waals surface area (Å²) >= 11 is 0. The summed E-state index contributed by atoms with van der Waals surface area (Å²) < 4.78 is 10.3. The van der Waals surface area contributed by atoms with Gasteiger partial charge in [0.1, 0.15) is 11.8 Å². The van der Waals surface area contributed by atoms with Gasteiger partial charge in [0.05, 0.1) is 7.11 Å². The topological polar surface area (TPSA) is 62.5 Å². The first-order chi connectivity index (χ1) is 7.60. The van der Waals surface area contributed by atoms with Crippen LogP contribution in [0.15, 0.2) is 12.1 Å². The molecule has 0 unspecified atom stereocenters. The van der Waals surface area contributed by atoms with Gasteiger partial charge in [-0.25, -0.2) is 0 Å². The van der Waals surface area contributed by atoms with Crippen molar-refractivity contribution in [2.75, 3.05) is 13.7 Å². The third-order valence-corrected chi connectivity index (χ3v) is 2.23. The predicted octanol–water partition coefficient (Wildman–Crippen LogP) is 2.43. The van der Waals surface area contributed by atoms with Gasteiger partial charge < -0.3 is 14.6 Å². The minimum absolute atomic E-state index is 0.0137. The molecule has 1 aromatic carbocycles. The molecule has 0 saturated heterocycles. The van der Waals surface area contributed by atoms with E-state index < -0.39 is 0 Å². The van der Waals surface area contributed by atoms with Crippen LogP contribution in [0.25, 0.3) is 0 Å². The molecule has 0 bridgehead atoms. The fraction of sp³-hybridized carbons (Fsp3) is 0.417. The van der Waals surface area contributed by atoms with Gasteiger partial charge in [0.15, 0.2) is 18.1 Å². The molecular weight excluding hydrogens is 206 g/mol. The van der Waals surface area contributed by atoms with E-state index in [1.807, 2.05) is 19.9 Å². The minimum Gasteiger partial charge on any atom is -0.504 e. The molecule has 4 heteroatoms. The van der Waals surface area contributed by atoms with E-state index in [0.29, 0.717) is 11.5 Å². The molecule has 0 radical (unpaired) electrons. The summed E-state index contributed by atoms with van der Waals surface area (Å²) in [5.41, 5.74) is 0.907. The molecule has 1 aromatic rings. The highest BCUT2D eigenvalue weighted by molar-refractivity contribution is 5.51. The van der Waals surface area contributed by atoms with E-state index in [-0.39, 0.29) is 18.3 Å². The van der Waals surface area contributed by atoms with Crippen LogP contribution in [-0.4, -0.2) is 18.8 Å². The number of nitriles is 1. The monoisotopic (exact) mass is 221 g/mol. The molecule has 0 spiro atoms. The maximum Gasteiger partial charge on any atom is 0.174 e. The molecule has 1 rings (SSSR count). The van der Waals surface area contributed by atoms with E-state index in [0.717, 1.165) is 5.56 Å². The SMILES string of the molecule is COc1cc(C(C)C)c(OCC#N)cc1O. The van der Waals surface area contributed by atoms with Crippen molar-refractivity contribution in [3.63, 3.8) is 0 Å². The fourth-order valence-corrected chi connectivity index (χ4v) is 1.41. The Bertz CT molecular complexity index is 407. The second-order valence-electron chi connectivity index (χ2n) is 3.66.